The molecule has 0 unspecified atom stereocenters. The molecule has 212 valence electrons. The maximum atomic E-state index is 6.57. The Labute approximate surface area is 260 Å². The number of aromatic nitrogens is 2. The third-order valence-electron chi connectivity index (χ3n) is 8.44. The van der Waals surface area contributed by atoms with Gasteiger partial charge in [-0.05, 0) is 65.7 Å². The van der Waals surface area contributed by atoms with Crippen molar-refractivity contribution in [1.82, 2.24) is 9.55 Å². The average Bonchev–Trinajstić information content (AvgIpc) is 3.46. The maximum absolute atomic E-state index is 6.57. The quantitative estimate of drug-likeness (QED) is 0.208. The predicted octanol–water partition coefficient (Wildman–Crippen LogP) is 11.1. The third-order valence-corrected chi connectivity index (χ3v) is 8.44. The van der Waals surface area contributed by atoms with Gasteiger partial charge in [0.25, 0.3) is 0 Å². The number of benzene rings is 6. The molecule has 1 aliphatic heterocycles. The Kier molecular flexibility index (Phi) is 5.78. The zero-order chi connectivity index (χ0) is 29.7. The molecular formula is C41H26N2O2. The fourth-order valence-corrected chi connectivity index (χ4v) is 6.34. The predicted molar refractivity (Wildman–Crippen MR) is 181 cm³/mol. The summed E-state index contributed by atoms with van der Waals surface area (Å²) in [5.74, 6) is 2.83. The first kappa shape index (κ1) is 25.4. The van der Waals surface area contributed by atoms with Crippen LogP contribution in [0.4, 0.5) is 0 Å². The van der Waals surface area contributed by atoms with Crippen LogP contribution in [0.25, 0.3) is 61.1 Å². The monoisotopic (exact) mass is 578 g/mol. The van der Waals surface area contributed by atoms with E-state index in [1.807, 2.05) is 42.5 Å². The van der Waals surface area contributed by atoms with Crippen LogP contribution < -0.4 is 9.47 Å². The maximum Gasteiger partial charge on any atom is 0.194 e. The van der Waals surface area contributed by atoms with Gasteiger partial charge < -0.3 is 14.0 Å². The zero-order valence-corrected chi connectivity index (χ0v) is 24.2. The fraction of sp³-hybridized carbons (Fsp3) is 0. The van der Waals surface area contributed by atoms with Crippen LogP contribution in [0.5, 0.6) is 23.0 Å². The summed E-state index contributed by atoms with van der Waals surface area (Å²) in [6, 6.07) is 54.2. The highest BCUT2D eigenvalue weighted by molar-refractivity contribution is 6.12. The molecule has 0 N–H and O–H groups in total. The molecule has 0 fully saturated rings. The Balaban J connectivity index is 1.26. The van der Waals surface area contributed by atoms with Gasteiger partial charge >= 0.3 is 0 Å². The molecule has 2 aromatic heterocycles. The van der Waals surface area contributed by atoms with Gasteiger partial charge in [-0.1, -0.05) is 103 Å². The van der Waals surface area contributed by atoms with Crippen LogP contribution in [0.2, 0.25) is 0 Å². The lowest BCUT2D eigenvalue weighted by Crippen LogP contribution is -2.02. The molecule has 4 heteroatoms. The number of ether oxygens (including phenoxy) is 2. The Morgan fingerprint density at radius 2 is 1.07 bits per heavy atom. The molecule has 8 aromatic rings. The summed E-state index contributed by atoms with van der Waals surface area (Å²) in [6.07, 6.45) is 0. The van der Waals surface area contributed by atoms with E-state index in [1.165, 1.54) is 0 Å². The van der Waals surface area contributed by atoms with E-state index in [9.17, 15) is 0 Å². The number of para-hydroxylation sites is 3. The molecule has 45 heavy (non-hydrogen) atoms. The molecule has 4 nitrogen and oxygen atoms in total. The van der Waals surface area contributed by atoms with Gasteiger partial charge in [-0.15, -0.1) is 0 Å². The molecule has 0 spiro atoms. The van der Waals surface area contributed by atoms with E-state index in [2.05, 4.69) is 120 Å². The Bertz CT molecular complexity index is 2320. The molecule has 3 heterocycles. The van der Waals surface area contributed by atoms with Crippen LogP contribution in [0.3, 0.4) is 0 Å². The molecule has 0 saturated heterocycles. The summed E-state index contributed by atoms with van der Waals surface area (Å²) in [4.78, 5) is 5.19. The number of hydrogen-bond donors (Lipinski definition) is 0. The molecular weight excluding hydrogens is 552 g/mol. The molecule has 1 aliphatic rings. The molecule has 0 radical (unpaired) electrons. The van der Waals surface area contributed by atoms with Crippen LogP contribution in [-0.4, -0.2) is 9.55 Å². The van der Waals surface area contributed by atoms with Crippen molar-refractivity contribution in [3.05, 3.63) is 158 Å². The normalized spacial score (nSPS) is 11.9. The van der Waals surface area contributed by atoms with Crippen molar-refractivity contribution in [2.45, 2.75) is 0 Å². The molecule has 9 rings (SSSR count). The first-order valence-electron chi connectivity index (χ1n) is 15.0. The van der Waals surface area contributed by atoms with E-state index >= 15 is 0 Å². The van der Waals surface area contributed by atoms with E-state index in [1.54, 1.807) is 0 Å². The van der Waals surface area contributed by atoms with E-state index < -0.39 is 0 Å². The van der Waals surface area contributed by atoms with Crippen molar-refractivity contribution < 1.29 is 9.47 Å². The lowest BCUT2D eigenvalue weighted by molar-refractivity contribution is 0.362. The van der Waals surface area contributed by atoms with Crippen LogP contribution in [0.1, 0.15) is 0 Å². The highest BCUT2D eigenvalue weighted by atomic mass is 16.6. The number of nitrogens with zero attached hydrogens (tertiary/aromatic N) is 2. The van der Waals surface area contributed by atoms with Crippen molar-refractivity contribution in [1.29, 1.82) is 0 Å². The number of pyridine rings is 1. The summed E-state index contributed by atoms with van der Waals surface area (Å²) < 4.78 is 15.2. The lowest BCUT2D eigenvalue weighted by Gasteiger charge is -2.22. The van der Waals surface area contributed by atoms with Gasteiger partial charge in [-0.25, -0.2) is 4.98 Å². The molecule has 0 atom stereocenters. The van der Waals surface area contributed by atoms with E-state index in [4.69, 9.17) is 14.5 Å². The van der Waals surface area contributed by atoms with Gasteiger partial charge in [0, 0.05) is 27.6 Å². The minimum absolute atomic E-state index is 0.700. The topological polar surface area (TPSA) is 36.3 Å². The minimum Gasteiger partial charge on any atom is -0.449 e. The van der Waals surface area contributed by atoms with Crippen LogP contribution in [-0.2, 0) is 0 Å². The summed E-state index contributed by atoms with van der Waals surface area (Å²) in [7, 11) is 0. The SMILES string of the molecule is c1ccc(-c2cc(-c3ccccc3)nc(-c3cccc(-n4c5ccccc5c5ccc6c(c54)Oc4ccccc4O6)c3)c2)cc1. The first-order chi connectivity index (χ1) is 22.3. The van der Waals surface area contributed by atoms with Crippen LogP contribution >= 0.6 is 0 Å². The van der Waals surface area contributed by atoms with Gasteiger partial charge in [0.1, 0.15) is 5.52 Å². The van der Waals surface area contributed by atoms with E-state index in [0.29, 0.717) is 23.0 Å². The second-order valence-electron chi connectivity index (χ2n) is 11.2. The highest BCUT2D eigenvalue weighted by Gasteiger charge is 2.25. The fourth-order valence-electron chi connectivity index (χ4n) is 6.34. The van der Waals surface area contributed by atoms with Crippen molar-refractivity contribution in [2.75, 3.05) is 0 Å². The third kappa shape index (κ3) is 4.27. The average molecular weight is 579 g/mol. The lowest BCUT2D eigenvalue weighted by atomic mass is 10.00. The Hall–Kier alpha value is -6.13. The Morgan fingerprint density at radius 1 is 0.422 bits per heavy atom. The molecule has 0 bridgehead atoms. The summed E-state index contributed by atoms with van der Waals surface area (Å²) in [6.45, 7) is 0. The van der Waals surface area contributed by atoms with E-state index in [-0.39, 0.29) is 0 Å². The second-order valence-corrected chi connectivity index (χ2v) is 11.2. The van der Waals surface area contributed by atoms with Crippen LogP contribution in [0.15, 0.2) is 158 Å². The summed E-state index contributed by atoms with van der Waals surface area (Å²) in [5, 5.41) is 2.26. The van der Waals surface area contributed by atoms with Gasteiger partial charge in [-0.2, -0.15) is 0 Å². The van der Waals surface area contributed by atoms with Gasteiger partial charge in [0.2, 0.25) is 0 Å². The first-order valence-corrected chi connectivity index (χ1v) is 15.0. The molecule has 0 amide bonds. The summed E-state index contributed by atoms with van der Waals surface area (Å²) in [5.41, 5.74) is 9.32. The van der Waals surface area contributed by atoms with E-state index in [0.717, 1.165) is 61.1 Å². The van der Waals surface area contributed by atoms with Crippen molar-refractivity contribution in [3.63, 3.8) is 0 Å². The van der Waals surface area contributed by atoms with Crippen molar-refractivity contribution in [3.8, 4) is 62.3 Å². The zero-order valence-electron chi connectivity index (χ0n) is 24.2. The largest absolute Gasteiger partial charge is 0.449 e. The van der Waals surface area contributed by atoms with Gasteiger partial charge in [0.15, 0.2) is 23.0 Å². The number of fused-ring (bicyclic) bond motifs is 6. The molecule has 0 saturated carbocycles. The van der Waals surface area contributed by atoms with Gasteiger partial charge in [-0.3, -0.25) is 0 Å². The van der Waals surface area contributed by atoms with Gasteiger partial charge in [0.05, 0.1) is 16.9 Å². The summed E-state index contributed by atoms with van der Waals surface area (Å²) >= 11 is 0. The minimum atomic E-state index is 0.700. The molecule has 6 aromatic carbocycles. The highest BCUT2D eigenvalue weighted by Crippen LogP contribution is 2.50. The smallest absolute Gasteiger partial charge is 0.194 e. The molecule has 0 aliphatic carbocycles. The van der Waals surface area contributed by atoms with Crippen molar-refractivity contribution in [2.24, 2.45) is 0 Å². The standard InChI is InChI=1S/C41H26N2O2/c1-3-12-27(13-4-1)30-25-34(28-14-5-2-6-15-28)42-35(26-30)29-16-11-17-31(24-29)43-36-19-8-7-18-32(36)33-22-23-39-41(40(33)43)45-38-21-10-9-20-37(38)44-39/h1-26H. The Morgan fingerprint density at radius 3 is 1.87 bits per heavy atom. The second kappa shape index (κ2) is 10.2. The van der Waals surface area contributed by atoms with Crippen LogP contribution in [0, 0.1) is 0 Å². The van der Waals surface area contributed by atoms with Crippen molar-refractivity contribution >= 4 is 21.8 Å². The number of hydrogen-bond acceptors (Lipinski definition) is 3. The number of rotatable bonds is 4.